The number of aliphatic hydroxyl groups is 1. The van der Waals surface area contributed by atoms with E-state index in [-0.39, 0.29) is 13.2 Å². The fourth-order valence-electron chi connectivity index (χ4n) is 5.53. The number of hydrogen-bond donors (Lipinski definition) is 1. The quantitative estimate of drug-likeness (QED) is 0.696. The van der Waals surface area contributed by atoms with Crippen LogP contribution in [0.5, 0.6) is 0 Å². The molecular formula is C25H28N2O6. The molecule has 3 aliphatic rings. The Morgan fingerprint density at radius 2 is 1.73 bits per heavy atom. The SMILES string of the molecule is CO[C@@]1([C@]2(O)C(=O)N(Cc3ccccc3)[C@H]2[C@H]2COC(C)(C)O2)C(=O)N(C)c2ccccc21. The van der Waals surface area contributed by atoms with Gasteiger partial charge in [0.1, 0.15) is 12.1 Å². The number of fused-ring (bicyclic) bond motifs is 1. The van der Waals surface area contributed by atoms with Gasteiger partial charge in [-0.2, -0.15) is 0 Å². The van der Waals surface area contributed by atoms with E-state index in [0.29, 0.717) is 11.3 Å². The first kappa shape index (κ1) is 22.0. The van der Waals surface area contributed by atoms with Gasteiger partial charge in [-0.05, 0) is 25.5 Å². The molecule has 4 atom stereocenters. The van der Waals surface area contributed by atoms with Gasteiger partial charge in [0.15, 0.2) is 5.79 Å². The van der Waals surface area contributed by atoms with Crippen molar-refractivity contribution in [1.82, 2.24) is 4.90 Å². The molecule has 8 nitrogen and oxygen atoms in total. The number of anilines is 1. The first-order chi connectivity index (χ1) is 15.7. The lowest BCUT2D eigenvalue weighted by Crippen LogP contribution is -2.85. The Balaban J connectivity index is 1.63. The minimum Gasteiger partial charge on any atom is -0.375 e. The highest BCUT2D eigenvalue weighted by molar-refractivity contribution is 6.13. The summed E-state index contributed by atoms with van der Waals surface area (Å²) in [7, 11) is 2.97. The first-order valence-corrected chi connectivity index (χ1v) is 11.0. The number of para-hydroxylation sites is 1. The third kappa shape index (κ3) is 2.85. The van der Waals surface area contributed by atoms with E-state index < -0.39 is 40.9 Å². The van der Waals surface area contributed by atoms with Crippen molar-refractivity contribution >= 4 is 17.5 Å². The van der Waals surface area contributed by atoms with Crippen molar-refractivity contribution in [3.8, 4) is 0 Å². The molecule has 1 N–H and O–H groups in total. The van der Waals surface area contributed by atoms with E-state index in [9.17, 15) is 14.7 Å². The van der Waals surface area contributed by atoms with Gasteiger partial charge in [0.2, 0.25) is 11.2 Å². The summed E-state index contributed by atoms with van der Waals surface area (Å²) in [5.41, 5.74) is -2.13. The van der Waals surface area contributed by atoms with E-state index in [2.05, 4.69) is 0 Å². The summed E-state index contributed by atoms with van der Waals surface area (Å²) >= 11 is 0. The summed E-state index contributed by atoms with van der Waals surface area (Å²) in [5.74, 6) is -1.95. The fourth-order valence-corrected chi connectivity index (χ4v) is 5.53. The van der Waals surface area contributed by atoms with Gasteiger partial charge in [-0.25, -0.2) is 0 Å². The smallest absolute Gasteiger partial charge is 0.267 e. The molecule has 3 heterocycles. The monoisotopic (exact) mass is 452 g/mol. The highest BCUT2D eigenvalue weighted by atomic mass is 16.7. The number of amides is 2. The van der Waals surface area contributed by atoms with E-state index in [1.165, 1.54) is 12.0 Å². The first-order valence-electron chi connectivity index (χ1n) is 11.0. The zero-order valence-electron chi connectivity index (χ0n) is 19.1. The zero-order valence-corrected chi connectivity index (χ0v) is 19.1. The normalized spacial score (nSPS) is 32.8. The van der Waals surface area contributed by atoms with Gasteiger partial charge in [0.25, 0.3) is 11.8 Å². The second-order valence-corrected chi connectivity index (χ2v) is 9.26. The highest BCUT2D eigenvalue weighted by Crippen LogP contribution is 2.56. The van der Waals surface area contributed by atoms with Gasteiger partial charge in [0, 0.05) is 26.3 Å². The number of nitrogens with zero attached hydrogens (tertiary/aromatic N) is 2. The van der Waals surface area contributed by atoms with Gasteiger partial charge in [-0.3, -0.25) is 9.59 Å². The molecule has 3 aliphatic heterocycles. The summed E-state index contributed by atoms with van der Waals surface area (Å²) in [5, 5.41) is 12.2. The number of likely N-dealkylation sites (tertiary alicyclic amines) is 1. The van der Waals surface area contributed by atoms with Crippen molar-refractivity contribution in [2.75, 3.05) is 25.7 Å². The average molecular weight is 453 g/mol. The number of β-lactam (4-membered cyclic amide) rings is 1. The van der Waals surface area contributed by atoms with E-state index >= 15 is 0 Å². The Hall–Kier alpha value is -2.78. The molecule has 0 saturated carbocycles. The molecule has 2 aromatic rings. The van der Waals surface area contributed by atoms with Crippen molar-refractivity contribution in [1.29, 1.82) is 0 Å². The van der Waals surface area contributed by atoms with Crippen LogP contribution >= 0.6 is 0 Å². The summed E-state index contributed by atoms with van der Waals surface area (Å²) in [6, 6.07) is 15.7. The summed E-state index contributed by atoms with van der Waals surface area (Å²) in [6.45, 7) is 4.00. The molecule has 8 heteroatoms. The van der Waals surface area contributed by atoms with E-state index in [0.717, 1.165) is 5.56 Å². The van der Waals surface area contributed by atoms with Crippen LogP contribution in [0, 0.1) is 0 Å². The maximum Gasteiger partial charge on any atom is 0.267 e. The molecule has 0 bridgehead atoms. The van der Waals surface area contributed by atoms with Crippen LogP contribution in [-0.4, -0.2) is 66.1 Å². The Labute approximate surface area is 192 Å². The third-order valence-corrected chi connectivity index (χ3v) is 7.02. The van der Waals surface area contributed by atoms with Crippen LogP contribution in [0.15, 0.2) is 54.6 Å². The van der Waals surface area contributed by atoms with E-state index in [1.54, 1.807) is 50.1 Å². The summed E-state index contributed by atoms with van der Waals surface area (Å²) in [6.07, 6.45) is -0.649. The number of ether oxygens (including phenoxy) is 3. The molecule has 174 valence electrons. The lowest BCUT2D eigenvalue weighted by molar-refractivity contribution is -0.263. The van der Waals surface area contributed by atoms with Gasteiger partial charge in [-0.1, -0.05) is 48.5 Å². The van der Waals surface area contributed by atoms with Gasteiger partial charge in [0.05, 0.1) is 12.3 Å². The zero-order chi connectivity index (χ0) is 23.6. The maximum atomic E-state index is 13.8. The average Bonchev–Trinajstić information content (AvgIpc) is 3.28. The maximum absolute atomic E-state index is 13.8. The standard InChI is InChI=1S/C25H28N2O6/c1-23(2)32-15-19(33-23)20-24(30,21(28)27(20)14-16-10-6-5-7-11-16)25(31-4)17-12-8-9-13-18(17)26(3)22(25)29/h5-13,19-20,30H,14-15H2,1-4H3/t19-,20+,24-,25-/m1/s1. The molecule has 0 radical (unpaired) electrons. The van der Waals surface area contributed by atoms with Crippen LogP contribution < -0.4 is 4.90 Å². The Morgan fingerprint density at radius 1 is 1.06 bits per heavy atom. The molecule has 2 amide bonds. The summed E-state index contributed by atoms with van der Waals surface area (Å²) in [4.78, 5) is 30.4. The minimum absolute atomic E-state index is 0.171. The van der Waals surface area contributed by atoms with Crippen molar-refractivity contribution < 1.29 is 28.9 Å². The van der Waals surface area contributed by atoms with Crippen LogP contribution in [0.4, 0.5) is 5.69 Å². The molecule has 0 unspecified atom stereocenters. The van der Waals surface area contributed by atoms with Crippen LogP contribution in [0.25, 0.3) is 0 Å². The molecule has 2 saturated heterocycles. The molecular weight excluding hydrogens is 424 g/mol. The Morgan fingerprint density at radius 3 is 2.36 bits per heavy atom. The molecule has 5 rings (SSSR count). The predicted molar refractivity (Wildman–Crippen MR) is 119 cm³/mol. The van der Waals surface area contributed by atoms with Crippen molar-refractivity contribution in [3.63, 3.8) is 0 Å². The molecule has 2 fully saturated rings. The predicted octanol–water partition coefficient (Wildman–Crippen LogP) is 1.80. The molecule has 0 spiro atoms. The second kappa shape index (κ2) is 7.36. The third-order valence-electron chi connectivity index (χ3n) is 7.02. The van der Waals surface area contributed by atoms with E-state index in [1.807, 2.05) is 30.3 Å². The molecule has 2 aromatic carbocycles. The number of carbonyl (C=O) groups excluding carboxylic acids is 2. The number of likely N-dealkylation sites (N-methyl/N-ethyl adjacent to an activating group) is 1. The number of carbonyl (C=O) groups is 2. The van der Waals surface area contributed by atoms with Crippen LogP contribution in [0.2, 0.25) is 0 Å². The molecule has 0 aromatic heterocycles. The minimum atomic E-state index is -2.18. The molecule has 33 heavy (non-hydrogen) atoms. The van der Waals surface area contributed by atoms with E-state index in [4.69, 9.17) is 14.2 Å². The molecule has 0 aliphatic carbocycles. The van der Waals surface area contributed by atoms with Crippen molar-refractivity contribution in [3.05, 3.63) is 65.7 Å². The van der Waals surface area contributed by atoms with Crippen molar-refractivity contribution in [2.24, 2.45) is 0 Å². The highest BCUT2D eigenvalue weighted by Gasteiger charge is 2.78. The number of hydrogen-bond acceptors (Lipinski definition) is 6. The number of benzene rings is 2. The van der Waals surface area contributed by atoms with Crippen LogP contribution in [0.1, 0.15) is 25.0 Å². The second-order valence-electron chi connectivity index (χ2n) is 9.26. The Bertz CT molecular complexity index is 1110. The lowest BCUT2D eigenvalue weighted by Gasteiger charge is -2.59. The largest absolute Gasteiger partial charge is 0.375 e. The Kier molecular flexibility index (Phi) is 4.92. The van der Waals surface area contributed by atoms with Crippen molar-refractivity contribution in [2.45, 2.75) is 49.5 Å². The van der Waals surface area contributed by atoms with Crippen LogP contribution in [0.3, 0.4) is 0 Å². The topological polar surface area (TPSA) is 88.5 Å². The number of methoxy groups -OCH3 is 1. The van der Waals surface area contributed by atoms with Gasteiger partial charge in [-0.15, -0.1) is 0 Å². The number of rotatable bonds is 5. The summed E-state index contributed by atoms with van der Waals surface area (Å²) < 4.78 is 17.7. The van der Waals surface area contributed by atoms with Gasteiger partial charge < -0.3 is 29.1 Å². The van der Waals surface area contributed by atoms with Crippen LogP contribution in [-0.2, 0) is 35.9 Å². The lowest BCUT2D eigenvalue weighted by atomic mass is 9.65. The fraction of sp³-hybridized carbons (Fsp3) is 0.440. The van der Waals surface area contributed by atoms with Gasteiger partial charge >= 0.3 is 0 Å².